The van der Waals surface area contributed by atoms with Gasteiger partial charge in [-0.05, 0) is 6.42 Å². The smallest absolute Gasteiger partial charge is 0.268 e. The lowest BCUT2D eigenvalue weighted by Crippen LogP contribution is -2.26. The molecule has 0 aliphatic carbocycles. The van der Waals surface area contributed by atoms with Crippen molar-refractivity contribution in [1.29, 1.82) is 0 Å². The predicted molar refractivity (Wildman–Crippen MR) is 74.4 cm³/mol. The summed E-state index contributed by atoms with van der Waals surface area (Å²) in [5.74, 6) is -0.0791. The standard InChI is InChI=1S/C14H16N4O2/c1-17-11-3-8-20-13(11)9-12(17)14(19)16-4-2-6-18-7-5-15-10-18/h3,5,7-10H,2,4,6H2,1H3,(H,16,19). The Bertz CT molecular complexity index is 709. The first-order chi connectivity index (χ1) is 9.75. The number of hydrogen-bond acceptors (Lipinski definition) is 3. The molecule has 0 saturated carbocycles. The number of aryl methyl sites for hydroxylation is 2. The van der Waals surface area contributed by atoms with Gasteiger partial charge in [-0.25, -0.2) is 4.98 Å². The third-order valence-corrected chi connectivity index (χ3v) is 3.33. The van der Waals surface area contributed by atoms with Gasteiger partial charge in [0.15, 0.2) is 5.58 Å². The average Bonchev–Trinajstić information content (AvgIpc) is 3.14. The second-order valence-corrected chi connectivity index (χ2v) is 4.67. The van der Waals surface area contributed by atoms with Gasteiger partial charge in [0, 0.05) is 44.7 Å². The minimum Gasteiger partial charge on any atom is -0.463 e. The molecular weight excluding hydrogens is 256 g/mol. The van der Waals surface area contributed by atoms with Gasteiger partial charge in [0.1, 0.15) is 5.69 Å². The molecule has 0 atom stereocenters. The highest BCUT2D eigenvalue weighted by Crippen LogP contribution is 2.19. The molecule has 20 heavy (non-hydrogen) atoms. The van der Waals surface area contributed by atoms with Crippen LogP contribution in [0, 0.1) is 0 Å². The molecule has 0 radical (unpaired) electrons. The van der Waals surface area contributed by atoms with Gasteiger partial charge in [0.25, 0.3) is 5.91 Å². The van der Waals surface area contributed by atoms with Crippen LogP contribution < -0.4 is 5.32 Å². The Morgan fingerprint density at radius 3 is 3.15 bits per heavy atom. The normalized spacial score (nSPS) is 11.1. The van der Waals surface area contributed by atoms with Crippen molar-refractivity contribution >= 4 is 17.0 Å². The van der Waals surface area contributed by atoms with Gasteiger partial charge in [-0.1, -0.05) is 0 Å². The molecule has 104 valence electrons. The largest absolute Gasteiger partial charge is 0.463 e. The minimum absolute atomic E-state index is 0.0791. The first-order valence-corrected chi connectivity index (χ1v) is 6.52. The summed E-state index contributed by atoms with van der Waals surface area (Å²) in [5.41, 5.74) is 2.27. The van der Waals surface area contributed by atoms with E-state index in [2.05, 4.69) is 10.3 Å². The van der Waals surface area contributed by atoms with Crippen molar-refractivity contribution in [2.45, 2.75) is 13.0 Å². The SMILES string of the molecule is Cn1c(C(=O)NCCCn2ccnc2)cc2occc21. The summed E-state index contributed by atoms with van der Waals surface area (Å²) < 4.78 is 9.12. The van der Waals surface area contributed by atoms with Crippen LogP contribution in [0.3, 0.4) is 0 Å². The Morgan fingerprint density at radius 1 is 1.50 bits per heavy atom. The van der Waals surface area contributed by atoms with E-state index in [4.69, 9.17) is 4.42 Å². The van der Waals surface area contributed by atoms with Crippen LogP contribution >= 0.6 is 0 Å². The zero-order valence-corrected chi connectivity index (χ0v) is 11.2. The number of amides is 1. The number of hydrogen-bond donors (Lipinski definition) is 1. The summed E-state index contributed by atoms with van der Waals surface area (Å²) in [7, 11) is 1.86. The van der Waals surface area contributed by atoms with Gasteiger partial charge in [-0.3, -0.25) is 4.79 Å². The van der Waals surface area contributed by atoms with Crippen molar-refractivity contribution in [1.82, 2.24) is 19.4 Å². The minimum atomic E-state index is -0.0791. The van der Waals surface area contributed by atoms with Crippen LogP contribution in [0.25, 0.3) is 11.1 Å². The lowest BCUT2D eigenvalue weighted by Gasteiger charge is -2.06. The first kappa shape index (κ1) is 12.5. The molecule has 0 saturated heterocycles. The third-order valence-electron chi connectivity index (χ3n) is 3.33. The van der Waals surface area contributed by atoms with Crippen LogP contribution in [0.4, 0.5) is 0 Å². The van der Waals surface area contributed by atoms with E-state index in [0.29, 0.717) is 12.2 Å². The highest BCUT2D eigenvalue weighted by molar-refractivity contribution is 5.97. The first-order valence-electron chi connectivity index (χ1n) is 6.52. The number of fused-ring (bicyclic) bond motifs is 1. The molecule has 3 aromatic rings. The number of carbonyl (C=O) groups is 1. The maximum Gasteiger partial charge on any atom is 0.268 e. The molecule has 3 heterocycles. The molecule has 0 unspecified atom stereocenters. The Morgan fingerprint density at radius 2 is 2.40 bits per heavy atom. The number of imidazole rings is 1. The zero-order chi connectivity index (χ0) is 13.9. The predicted octanol–water partition coefficient (Wildman–Crippen LogP) is 1.79. The van der Waals surface area contributed by atoms with Gasteiger partial charge in [-0.2, -0.15) is 0 Å². The summed E-state index contributed by atoms with van der Waals surface area (Å²) in [4.78, 5) is 16.1. The summed E-state index contributed by atoms with van der Waals surface area (Å²) >= 11 is 0. The van der Waals surface area contributed by atoms with Crippen LogP contribution in [0.1, 0.15) is 16.9 Å². The molecule has 1 N–H and O–H groups in total. The molecular formula is C14H16N4O2. The fourth-order valence-electron chi connectivity index (χ4n) is 2.24. The molecule has 0 aliphatic rings. The fraction of sp³-hybridized carbons (Fsp3) is 0.286. The number of rotatable bonds is 5. The molecule has 3 rings (SSSR count). The van der Waals surface area contributed by atoms with Crippen molar-refractivity contribution < 1.29 is 9.21 Å². The van der Waals surface area contributed by atoms with Crippen LogP contribution in [-0.2, 0) is 13.6 Å². The van der Waals surface area contributed by atoms with Gasteiger partial charge in [0.05, 0.1) is 18.1 Å². The van der Waals surface area contributed by atoms with Crippen molar-refractivity contribution in [3.05, 3.63) is 42.8 Å². The summed E-state index contributed by atoms with van der Waals surface area (Å²) in [6, 6.07) is 3.62. The van der Waals surface area contributed by atoms with E-state index in [-0.39, 0.29) is 5.91 Å². The number of furan rings is 1. The van der Waals surface area contributed by atoms with Crippen LogP contribution in [0.15, 0.2) is 41.5 Å². The summed E-state index contributed by atoms with van der Waals surface area (Å²) in [6.07, 6.45) is 7.91. The second-order valence-electron chi connectivity index (χ2n) is 4.67. The lowest BCUT2D eigenvalue weighted by molar-refractivity contribution is 0.0945. The quantitative estimate of drug-likeness (QED) is 0.720. The topological polar surface area (TPSA) is 65.0 Å². The van der Waals surface area contributed by atoms with Crippen LogP contribution in [0.2, 0.25) is 0 Å². The Hall–Kier alpha value is -2.50. The van der Waals surface area contributed by atoms with E-state index < -0.39 is 0 Å². The van der Waals surface area contributed by atoms with E-state index >= 15 is 0 Å². The summed E-state index contributed by atoms with van der Waals surface area (Å²) in [5, 5.41) is 2.92. The lowest BCUT2D eigenvalue weighted by atomic mass is 10.3. The van der Waals surface area contributed by atoms with E-state index in [9.17, 15) is 4.79 Å². The Labute approximate surface area is 116 Å². The maximum absolute atomic E-state index is 12.1. The van der Waals surface area contributed by atoms with Gasteiger partial charge in [-0.15, -0.1) is 0 Å². The zero-order valence-electron chi connectivity index (χ0n) is 11.2. The van der Waals surface area contributed by atoms with Crippen LogP contribution in [-0.4, -0.2) is 26.6 Å². The highest BCUT2D eigenvalue weighted by Gasteiger charge is 2.14. The van der Waals surface area contributed by atoms with Gasteiger partial charge < -0.3 is 18.9 Å². The number of nitrogens with zero attached hydrogens (tertiary/aromatic N) is 3. The van der Waals surface area contributed by atoms with Gasteiger partial charge in [0.2, 0.25) is 0 Å². The van der Waals surface area contributed by atoms with Crippen LogP contribution in [0.5, 0.6) is 0 Å². The van der Waals surface area contributed by atoms with E-state index in [0.717, 1.165) is 24.1 Å². The Kier molecular flexibility index (Phi) is 3.28. The maximum atomic E-state index is 12.1. The molecule has 0 aliphatic heterocycles. The van der Waals surface area contributed by atoms with Gasteiger partial charge >= 0.3 is 0 Å². The van der Waals surface area contributed by atoms with E-state index in [1.54, 1.807) is 24.9 Å². The van der Waals surface area contributed by atoms with E-state index in [1.807, 2.05) is 28.4 Å². The second kappa shape index (κ2) is 5.24. The van der Waals surface area contributed by atoms with Crippen molar-refractivity contribution in [3.8, 4) is 0 Å². The van der Waals surface area contributed by atoms with Crippen molar-refractivity contribution in [2.24, 2.45) is 7.05 Å². The highest BCUT2D eigenvalue weighted by atomic mass is 16.3. The Balaban J connectivity index is 1.56. The molecule has 0 aromatic carbocycles. The van der Waals surface area contributed by atoms with Crippen molar-refractivity contribution in [3.63, 3.8) is 0 Å². The monoisotopic (exact) mass is 272 g/mol. The van der Waals surface area contributed by atoms with Crippen molar-refractivity contribution in [2.75, 3.05) is 6.54 Å². The number of carbonyl (C=O) groups excluding carboxylic acids is 1. The molecule has 0 bridgehead atoms. The molecule has 6 heteroatoms. The molecule has 3 aromatic heterocycles. The molecule has 0 spiro atoms. The molecule has 0 fully saturated rings. The molecule has 6 nitrogen and oxygen atoms in total. The third kappa shape index (κ3) is 2.32. The average molecular weight is 272 g/mol. The van der Waals surface area contributed by atoms with E-state index in [1.165, 1.54) is 0 Å². The number of nitrogens with one attached hydrogen (secondary N) is 1. The summed E-state index contributed by atoms with van der Waals surface area (Å²) in [6.45, 7) is 1.47. The molecule has 1 amide bonds. The fourth-order valence-corrected chi connectivity index (χ4v) is 2.24. The number of aromatic nitrogens is 3.